The summed E-state index contributed by atoms with van der Waals surface area (Å²) in [5, 5.41) is 5.25. The second kappa shape index (κ2) is 7.86. The van der Waals surface area contributed by atoms with E-state index in [-0.39, 0.29) is 28.0 Å². The molecule has 0 fully saturated rings. The lowest BCUT2D eigenvalue weighted by Crippen LogP contribution is -2.42. The number of rotatable bonds is 4. The van der Waals surface area contributed by atoms with Crippen LogP contribution in [0.15, 0.2) is 47.6 Å². The van der Waals surface area contributed by atoms with Crippen LogP contribution < -0.4 is 5.32 Å². The normalized spacial score (nSPS) is 19.0. The van der Waals surface area contributed by atoms with Crippen LogP contribution in [-0.4, -0.2) is 30.5 Å². The van der Waals surface area contributed by atoms with E-state index in [2.05, 4.69) is 5.16 Å². The van der Waals surface area contributed by atoms with Gasteiger partial charge in [-0.2, -0.15) is 26.3 Å². The molecule has 1 aliphatic rings. The van der Waals surface area contributed by atoms with Gasteiger partial charge < -0.3 is 10.2 Å². The molecule has 0 aliphatic carbocycles. The fraction of sp³-hybridized carbons (Fsp3) is 0.300. The summed E-state index contributed by atoms with van der Waals surface area (Å²) < 4.78 is 91.9. The van der Waals surface area contributed by atoms with Gasteiger partial charge in [0.2, 0.25) is 0 Å². The highest BCUT2D eigenvalue weighted by Crippen LogP contribution is 2.49. The van der Waals surface area contributed by atoms with Crippen LogP contribution in [0.25, 0.3) is 0 Å². The zero-order chi connectivity index (χ0) is 23.0. The Kier molecular flexibility index (Phi) is 5.72. The molecule has 3 rings (SSSR count). The average Bonchev–Trinajstić information content (AvgIpc) is 3.14. The summed E-state index contributed by atoms with van der Waals surface area (Å²) in [4.78, 5) is 16.6. The summed E-state index contributed by atoms with van der Waals surface area (Å²) in [6.07, 6.45) is -10.2. The molecule has 1 heterocycles. The van der Waals surface area contributed by atoms with Crippen molar-refractivity contribution in [2.45, 2.75) is 31.3 Å². The number of nitrogens with zero attached hydrogens (tertiary/aromatic N) is 1. The fourth-order valence-electron chi connectivity index (χ4n) is 3.05. The summed E-state index contributed by atoms with van der Waals surface area (Å²) in [5.41, 5.74) is -3.13. The van der Waals surface area contributed by atoms with Gasteiger partial charge in [0.05, 0.1) is 5.71 Å². The minimum absolute atomic E-state index is 0.00685. The molecule has 11 heteroatoms. The van der Waals surface area contributed by atoms with Crippen LogP contribution in [0.4, 0.5) is 30.7 Å². The molecule has 0 aromatic heterocycles. The highest BCUT2D eigenvalue weighted by molar-refractivity contribution is 6.03. The van der Waals surface area contributed by atoms with Crippen molar-refractivity contribution in [3.05, 3.63) is 70.5 Å². The zero-order valence-corrected chi connectivity index (χ0v) is 15.9. The number of hydrogen-bond donors (Lipinski definition) is 1. The maximum atomic E-state index is 13.9. The molecule has 4 nitrogen and oxygen atoms in total. The molecule has 0 radical (unpaired) electrons. The van der Waals surface area contributed by atoms with Crippen molar-refractivity contribution in [2.75, 3.05) is 6.54 Å². The second-order valence-electron chi connectivity index (χ2n) is 6.97. The quantitative estimate of drug-likeness (QED) is 0.669. The number of halogens is 7. The van der Waals surface area contributed by atoms with Gasteiger partial charge in [-0.3, -0.25) is 4.79 Å². The molecule has 0 saturated heterocycles. The Morgan fingerprint density at radius 1 is 1.10 bits per heavy atom. The van der Waals surface area contributed by atoms with Crippen molar-refractivity contribution in [3.8, 4) is 0 Å². The van der Waals surface area contributed by atoms with Gasteiger partial charge in [0.25, 0.3) is 11.5 Å². The third kappa shape index (κ3) is 4.64. The molecule has 31 heavy (non-hydrogen) atoms. The van der Waals surface area contributed by atoms with Crippen LogP contribution in [0.2, 0.25) is 0 Å². The Morgan fingerprint density at radius 2 is 1.74 bits per heavy atom. The molecule has 1 atom stereocenters. The van der Waals surface area contributed by atoms with Gasteiger partial charge in [-0.25, -0.2) is 4.39 Å². The second-order valence-corrected chi connectivity index (χ2v) is 6.97. The molecule has 2 aromatic rings. The molecule has 2 aromatic carbocycles. The Labute approximate surface area is 171 Å². The number of oxime groups is 1. The molecule has 0 spiro atoms. The van der Waals surface area contributed by atoms with Crippen LogP contribution >= 0.6 is 0 Å². The standard InChI is InChI=1S/C20H15F7N2O2/c1-11-8-14(6-7-15(11)21)18(20(25,26)27)9-16(29-31-18)12-2-4-13(5-3-12)17(30)28-10-19(22,23)24/h2-8H,9-10H2,1H3,(H,28,30). The SMILES string of the molecule is Cc1cc(C2(C(F)(F)F)CC(c3ccc(C(=O)NCC(F)(F)F)cc3)=NO2)ccc1F. The first kappa shape index (κ1) is 22.6. The lowest BCUT2D eigenvalue weighted by Gasteiger charge is -2.29. The predicted octanol–water partition coefficient (Wildman–Crippen LogP) is 5.01. The van der Waals surface area contributed by atoms with E-state index in [0.717, 1.165) is 18.2 Å². The van der Waals surface area contributed by atoms with Crippen LogP contribution in [0.1, 0.15) is 33.5 Å². The molecule has 166 valence electrons. The number of amides is 1. The fourth-order valence-corrected chi connectivity index (χ4v) is 3.05. The summed E-state index contributed by atoms with van der Waals surface area (Å²) in [5.74, 6) is -1.65. The van der Waals surface area contributed by atoms with Gasteiger partial charge in [0, 0.05) is 17.5 Å². The van der Waals surface area contributed by atoms with Crippen LogP contribution in [-0.2, 0) is 10.4 Å². The molecular weight excluding hydrogens is 433 g/mol. The molecule has 1 N–H and O–H groups in total. The smallest absolute Gasteiger partial charge is 0.374 e. The Balaban J connectivity index is 1.82. The first-order valence-electron chi connectivity index (χ1n) is 8.86. The summed E-state index contributed by atoms with van der Waals surface area (Å²) in [7, 11) is 0. The third-order valence-corrected chi connectivity index (χ3v) is 4.74. The van der Waals surface area contributed by atoms with Gasteiger partial charge in [0.1, 0.15) is 12.4 Å². The molecule has 1 amide bonds. The van der Waals surface area contributed by atoms with E-state index in [4.69, 9.17) is 4.84 Å². The molecular formula is C20H15F7N2O2. The summed E-state index contributed by atoms with van der Waals surface area (Å²) in [6.45, 7) is -0.193. The number of carbonyl (C=O) groups excluding carboxylic acids is 1. The van der Waals surface area contributed by atoms with Gasteiger partial charge in [-0.05, 0) is 42.3 Å². The van der Waals surface area contributed by atoms with E-state index in [1.165, 1.54) is 31.2 Å². The van der Waals surface area contributed by atoms with Gasteiger partial charge in [-0.1, -0.05) is 23.4 Å². The largest absolute Gasteiger partial charge is 0.435 e. The number of nitrogens with one attached hydrogen (secondary N) is 1. The minimum Gasteiger partial charge on any atom is -0.374 e. The minimum atomic E-state index is -4.88. The predicted molar refractivity (Wildman–Crippen MR) is 95.9 cm³/mol. The number of hydrogen-bond acceptors (Lipinski definition) is 3. The highest BCUT2D eigenvalue weighted by Gasteiger charge is 2.62. The lowest BCUT2D eigenvalue weighted by molar-refractivity contribution is -0.275. The highest BCUT2D eigenvalue weighted by atomic mass is 19.4. The van der Waals surface area contributed by atoms with E-state index in [1.54, 1.807) is 5.32 Å². The van der Waals surface area contributed by atoms with Crippen molar-refractivity contribution in [1.82, 2.24) is 5.32 Å². The van der Waals surface area contributed by atoms with E-state index in [1.807, 2.05) is 0 Å². The average molecular weight is 448 g/mol. The van der Waals surface area contributed by atoms with E-state index < -0.39 is 42.6 Å². The topological polar surface area (TPSA) is 50.7 Å². The van der Waals surface area contributed by atoms with Crippen molar-refractivity contribution in [1.29, 1.82) is 0 Å². The van der Waals surface area contributed by atoms with Gasteiger partial charge in [-0.15, -0.1) is 0 Å². The molecule has 0 saturated carbocycles. The third-order valence-electron chi connectivity index (χ3n) is 4.74. The summed E-state index contributed by atoms with van der Waals surface area (Å²) >= 11 is 0. The maximum absolute atomic E-state index is 13.9. The Bertz CT molecular complexity index is 1010. The van der Waals surface area contributed by atoms with Crippen LogP contribution in [0.5, 0.6) is 0 Å². The van der Waals surface area contributed by atoms with E-state index in [9.17, 15) is 35.5 Å². The molecule has 0 bridgehead atoms. The first-order chi connectivity index (χ1) is 14.3. The van der Waals surface area contributed by atoms with Crippen molar-refractivity contribution < 1.29 is 40.4 Å². The first-order valence-corrected chi connectivity index (χ1v) is 8.86. The zero-order valence-electron chi connectivity index (χ0n) is 15.9. The van der Waals surface area contributed by atoms with Crippen molar-refractivity contribution in [2.24, 2.45) is 5.16 Å². The van der Waals surface area contributed by atoms with Gasteiger partial charge in [0.15, 0.2) is 0 Å². The van der Waals surface area contributed by atoms with E-state index >= 15 is 0 Å². The molecule has 1 unspecified atom stereocenters. The van der Waals surface area contributed by atoms with Gasteiger partial charge >= 0.3 is 12.4 Å². The number of benzene rings is 2. The Morgan fingerprint density at radius 3 is 2.29 bits per heavy atom. The molecule has 1 aliphatic heterocycles. The lowest BCUT2D eigenvalue weighted by atomic mass is 9.86. The number of carbonyl (C=O) groups is 1. The van der Waals surface area contributed by atoms with Crippen molar-refractivity contribution in [3.63, 3.8) is 0 Å². The maximum Gasteiger partial charge on any atom is 0.435 e. The Hall–Kier alpha value is -3.11. The number of alkyl halides is 6. The van der Waals surface area contributed by atoms with Crippen LogP contribution in [0, 0.1) is 12.7 Å². The van der Waals surface area contributed by atoms with Crippen LogP contribution in [0.3, 0.4) is 0 Å². The van der Waals surface area contributed by atoms with Crippen molar-refractivity contribution >= 4 is 11.6 Å². The van der Waals surface area contributed by atoms with E-state index in [0.29, 0.717) is 0 Å². The number of aryl methyl sites for hydroxylation is 1. The monoisotopic (exact) mass is 448 g/mol. The summed E-state index contributed by atoms with van der Waals surface area (Å²) in [6, 6.07) is 7.77.